The second-order valence-corrected chi connectivity index (χ2v) is 15.4. The Kier molecular flexibility index (Phi) is 6.14. The van der Waals surface area contributed by atoms with Crippen LogP contribution in [0.25, 0.3) is 87.3 Å². The molecule has 3 heterocycles. The van der Waals surface area contributed by atoms with Crippen LogP contribution in [-0.2, 0) is 0 Å². The van der Waals surface area contributed by atoms with Gasteiger partial charge in [-0.1, -0.05) is 140 Å². The second kappa shape index (κ2) is 11.1. The highest BCUT2D eigenvalue weighted by atomic mass is 32.2. The van der Waals surface area contributed by atoms with Crippen molar-refractivity contribution in [1.82, 2.24) is 0 Å². The zero-order valence-corrected chi connectivity index (χ0v) is 29.4. The molecule has 2 atom stereocenters. The lowest BCUT2D eigenvalue weighted by molar-refractivity contribution is 0.654. The summed E-state index contributed by atoms with van der Waals surface area (Å²) >= 11 is 1.97. The minimum absolute atomic E-state index is 0.0317. The minimum Gasteiger partial charge on any atom is -0.456 e. The van der Waals surface area contributed by atoms with Gasteiger partial charge in [0.2, 0.25) is 0 Å². The Balaban J connectivity index is 1.25. The van der Waals surface area contributed by atoms with E-state index in [9.17, 15) is 0 Å². The van der Waals surface area contributed by atoms with Crippen LogP contribution >= 0.6 is 11.8 Å². The Morgan fingerprint density at radius 2 is 0.925 bits per heavy atom. The fourth-order valence-corrected chi connectivity index (χ4v) is 10.7. The third kappa shape index (κ3) is 4.11. The van der Waals surface area contributed by atoms with Crippen LogP contribution < -0.4 is 0 Å². The molecule has 0 amide bonds. The summed E-state index contributed by atoms with van der Waals surface area (Å²) in [5.74, 6) is 0.0317. The molecule has 0 saturated heterocycles. The number of hydrogen-bond acceptors (Lipinski definition) is 3. The molecule has 248 valence electrons. The van der Waals surface area contributed by atoms with Gasteiger partial charge in [-0.25, -0.2) is 0 Å². The highest BCUT2D eigenvalue weighted by Crippen LogP contribution is 2.62. The third-order valence-electron chi connectivity index (χ3n) is 11.5. The molecule has 3 heteroatoms. The van der Waals surface area contributed by atoms with Crippen molar-refractivity contribution in [2.45, 2.75) is 16.1 Å². The van der Waals surface area contributed by atoms with E-state index in [4.69, 9.17) is 8.83 Å². The SMILES string of the molecule is c1ccc(C2Sc3ccc4c(oc5ccccc54)c3C2c2c3ccccc3c(-c3c4ccccc4cc4c3oc3ccccc34)c3ccccc23)cc1. The van der Waals surface area contributed by atoms with Crippen LogP contribution in [0.3, 0.4) is 0 Å². The molecule has 2 unspecified atom stereocenters. The van der Waals surface area contributed by atoms with E-state index >= 15 is 0 Å². The third-order valence-corrected chi connectivity index (χ3v) is 12.9. The van der Waals surface area contributed by atoms with Crippen LogP contribution in [0.1, 0.15) is 27.9 Å². The van der Waals surface area contributed by atoms with E-state index in [0.717, 1.165) is 44.1 Å². The fourth-order valence-electron chi connectivity index (χ4n) is 9.28. The van der Waals surface area contributed by atoms with Crippen molar-refractivity contribution >= 4 is 88.0 Å². The highest BCUT2D eigenvalue weighted by molar-refractivity contribution is 8.00. The summed E-state index contributed by atoms with van der Waals surface area (Å²) in [4.78, 5) is 1.28. The lowest BCUT2D eigenvalue weighted by atomic mass is 9.77. The fraction of sp³-hybridized carbons (Fsp3) is 0.0400. The first kappa shape index (κ1) is 29.3. The molecule has 0 bridgehead atoms. The quantitative estimate of drug-likeness (QED) is 0.172. The van der Waals surface area contributed by atoms with Gasteiger partial charge in [0, 0.05) is 54.3 Å². The number of thioether (sulfide) groups is 1. The van der Waals surface area contributed by atoms with E-state index in [1.807, 2.05) is 11.8 Å². The zero-order valence-electron chi connectivity index (χ0n) is 28.5. The predicted octanol–water partition coefficient (Wildman–Crippen LogP) is 14.6. The second-order valence-electron chi connectivity index (χ2n) is 14.2. The van der Waals surface area contributed by atoms with E-state index in [-0.39, 0.29) is 11.2 Å². The molecular formula is C50H30O2S. The molecule has 53 heavy (non-hydrogen) atoms. The van der Waals surface area contributed by atoms with Gasteiger partial charge in [0.15, 0.2) is 0 Å². The number of rotatable bonds is 3. The van der Waals surface area contributed by atoms with Crippen molar-refractivity contribution < 1.29 is 8.83 Å². The van der Waals surface area contributed by atoms with Gasteiger partial charge < -0.3 is 8.83 Å². The first-order valence-electron chi connectivity index (χ1n) is 18.2. The first-order chi connectivity index (χ1) is 26.3. The van der Waals surface area contributed by atoms with E-state index in [0.29, 0.717) is 0 Å². The summed E-state index contributed by atoms with van der Waals surface area (Å²) in [6.07, 6.45) is 0. The lowest BCUT2D eigenvalue weighted by Gasteiger charge is -2.26. The Bertz CT molecular complexity index is 3220. The van der Waals surface area contributed by atoms with Crippen molar-refractivity contribution in [3.05, 3.63) is 187 Å². The molecular weight excluding hydrogens is 665 g/mol. The highest BCUT2D eigenvalue weighted by Gasteiger charge is 2.40. The van der Waals surface area contributed by atoms with Crippen molar-refractivity contribution in [2.24, 2.45) is 0 Å². The molecule has 0 N–H and O–H groups in total. The number of hydrogen-bond donors (Lipinski definition) is 0. The average molecular weight is 695 g/mol. The maximum Gasteiger partial charge on any atom is 0.143 e. The van der Waals surface area contributed by atoms with E-state index in [2.05, 4.69) is 170 Å². The summed E-state index contributed by atoms with van der Waals surface area (Å²) in [7, 11) is 0. The van der Waals surface area contributed by atoms with Crippen molar-refractivity contribution in [3.63, 3.8) is 0 Å². The number of fused-ring (bicyclic) bond motifs is 11. The average Bonchev–Trinajstić information content (AvgIpc) is 3.91. The molecule has 9 aromatic carbocycles. The van der Waals surface area contributed by atoms with Gasteiger partial charge >= 0.3 is 0 Å². The van der Waals surface area contributed by atoms with Crippen LogP contribution in [0, 0.1) is 0 Å². The van der Waals surface area contributed by atoms with E-state index < -0.39 is 0 Å². The Hall–Kier alpha value is -6.29. The van der Waals surface area contributed by atoms with Crippen LogP contribution in [0.15, 0.2) is 184 Å². The van der Waals surface area contributed by atoms with Gasteiger partial charge in [0.1, 0.15) is 22.3 Å². The van der Waals surface area contributed by atoms with Gasteiger partial charge in [-0.3, -0.25) is 0 Å². The number of furan rings is 2. The molecule has 0 fully saturated rings. The van der Waals surface area contributed by atoms with Gasteiger partial charge in [-0.05, 0) is 73.8 Å². The Morgan fingerprint density at radius 1 is 0.377 bits per heavy atom. The standard InChI is InChI=1S/C50H30O2S/c1-2-14-29(15-3-1)50-47(46-42(53-50)27-26-38-32-18-10-12-24-40(32)51-48(38)46)44-36-22-8-6-20-34(36)43(35-21-7-9-23-37(35)44)45-31-17-5-4-16-30(31)28-39-33-19-11-13-25-41(33)52-49(39)45/h1-28,47,50H. The molecule has 0 spiro atoms. The van der Waals surface area contributed by atoms with Crippen molar-refractivity contribution in [2.75, 3.05) is 0 Å². The summed E-state index contributed by atoms with van der Waals surface area (Å²) in [6, 6.07) is 61.7. The molecule has 0 saturated carbocycles. The maximum absolute atomic E-state index is 6.86. The monoisotopic (exact) mass is 694 g/mol. The topological polar surface area (TPSA) is 26.3 Å². The maximum atomic E-state index is 6.86. The zero-order chi connectivity index (χ0) is 34.6. The van der Waals surface area contributed by atoms with Crippen LogP contribution in [0.4, 0.5) is 0 Å². The smallest absolute Gasteiger partial charge is 0.143 e. The molecule has 2 nitrogen and oxygen atoms in total. The molecule has 0 radical (unpaired) electrons. The van der Waals surface area contributed by atoms with Crippen LogP contribution in [-0.4, -0.2) is 0 Å². The minimum atomic E-state index is 0.0317. The molecule has 1 aliphatic heterocycles. The molecule has 0 aliphatic carbocycles. The van der Waals surface area contributed by atoms with E-state index in [1.54, 1.807) is 0 Å². The summed E-state index contributed by atoms with van der Waals surface area (Å²) in [6.45, 7) is 0. The van der Waals surface area contributed by atoms with Gasteiger partial charge in [0.25, 0.3) is 0 Å². The first-order valence-corrected chi connectivity index (χ1v) is 19.1. The van der Waals surface area contributed by atoms with E-state index in [1.165, 1.54) is 64.9 Å². The molecule has 1 aliphatic rings. The lowest BCUT2D eigenvalue weighted by Crippen LogP contribution is -2.08. The molecule has 12 rings (SSSR count). The van der Waals surface area contributed by atoms with Gasteiger partial charge in [-0.15, -0.1) is 11.8 Å². The Morgan fingerprint density at radius 3 is 1.62 bits per heavy atom. The number of benzene rings is 9. The van der Waals surface area contributed by atoms with Crippen molar-refractivity contribution in [1.29, 1.82) is 0 Å². The summed E-state index contributed by atoms with van der Waals surface area (Å²) in [5, 5.41) is 12.1. The van der Waals surface area contributed by atoms with Crippen molar-refractivity contribution in [3.8, 4) is 11.1 Å². The largest absolute Gasteiger partial charge is 0.456 e. The summed E-state index contributed by atoms with van der Waals surface area (Å²) < 4.78 is 13.7. The van der Waals surface area contributed by atoms with Crippen LogP contribution in [0.5, 0.6) is 0 Å². The molecule has 11 aromatic rings. The molecule has 2 aromatic heterocycles. The number of para-hydroxylation sites is 2. The summed E-state index contributed by atoms with van der Waals surface area (Å²) in [5.41, 5.74) is 10.1. The van der Waals surface area contributed by atoms with Gasteiger partial charge in [0.05, 0.1) is 0 Å². The normalized spacial score (nSPS) is 15.8. The van der Waals surface area contributed by atoms with Gasteiger partial charge in [-0.2, -0.15) is 0 Å². The van der Waals surface area contributed by atoms with Crippen LogP contribution in [0.2, 0.25) is 0 Å². The Labute approximate surface area is 309 Å². The predicted molar refractivity (Wildman–Crippen MR) is 222 cm³/mol.